The monoisotopic (exact) mass is 430 g/mol. The predicted octanol–water partition coefficient (Wildman–Crippen LogP) is 3.76. The Hall–Kier alpha value is -2.49. The lowest BCUT2D eigenvalue weighted by Gasteiger charge is -2.20. The second kappa shape index (κ2) is 9.63. The Balaban J connectivity index is 2.09. The molecule has 0 atom stereocenters. The highest BCUT2D eigenvalue weighted by Gasteiger charge is 2.25. The van der Waals surface area contributed by atoms with E-state index in [0.29, 0.717) is 10.7 Å². The first-order chi connectivity index (χ1) is 13.2. The molecule has 0 spiro atoms. The summed E-state index contributed by atoms with van der Waals surface area (Å²) in [5.74, 6) is -0.673. The van der Waals surface area contributed by atoms with Crippen molar-refractivity contribution in [3.05, 3.63) is 66.2 Å². The number of carbonyl (C=O) groups is 1. The summed E-state index contributed by atoms with van der Waals surface area (Å²) in [6.07, 6.45) is 1.36. The van der Waals surface area contributed by atoms with E-state index in [-0.39, 0.29) is 17.2 Å². The third kappa shape index (κ3) is 6.01. The molecule has 1 N–H and O–H groups in total. The molecule has 2 aromatic carbocycles. The van der Waals surface area contributed by atoms with Crippen LogP contribution in [0.15, 0.2) is 66.1 Å². The van der Waals surface area contributed by atoms with Gasteiger partial charge in [-0.25, -0.2) is 8.42 Å². The molecule has 0 aliphatic heterocycles. The SMILES string of the molecule is C=CCN(CC(=O)Nc1ccc(OC(F)F)cc1)S(=O)(=O)c1ccc(Cl)cc1. The maximum atomic E-state index is 12.7. The number of rotatable bonds is 9. The third-order valence-electron chi connectivity index (χ3n) is 3.47. The molecule has 0 fully saturated rings. The lowest BCUT2D eigenvalue weighted by atomic mass is 10.3. The van der Waals surface area contributed by atoms with Crippen molar-refractivity contribution < 1.29 is 26.7 Å². The van der Waals surface area contributed by atoms with Crippen molar-refractivity contribution in [2.45, 2.75) is 11.5 Å². The summed E-state index contributed by atoms with van der Waals surface area (Å²) in [5, 5.41) is 2.88. The van der Waals surface area contributed by atoms with Crippen LogP contribution < -0.4 is 10.1 Å². The zero-order chi connectivity index (χ0) is 20.7. The fourth-order valence-electron chi connectivity index (χ4n) is 2.23. The van der Waals surface area contributed by atoms with Gasteiger partial charge in [0.2, 0.25) is 15.9 Å². The maximum absolute atomic E-state index is 12.7. The average molecular weight is 431 g/mol. The molecule has 0 aliphatic carbocycles. The van der Waals surface area contributed by atoms with Crippen LogP contribution in [0.1, 0.15) is 0 Å². The first-order valence-corrected chi connectivity index (χ1v) is 9.75. The van der Waals surface area contributed by atoms with Gasteiger partial charge < -0.3 is 10.1 Å². The molecule has 2 rings (SSSR count). The van der Waals surface area contributed by atoms with Crippen molar-refractivity contribution in [1.82, 2.24) is 4.31 Å². The van der Waals surface area contributed by atoms with Gasteiger partial charge in [0, 0.05) is 17.3 Å². The molecule has 0 radical (unpaired) electrons. The van der Waals surface area contributed by atoms with Crippen molar-refractivity contribution in [3.63, 3.8) is 0 Å². The number of nitrogens with one attached hydrogen (secondary N) is 1. The normalized spacial score (nSPS) is 11.5. The van der Waals surface area contributed by atoms with E-state index in [1.165, 1.54) is 54.6 Å². The topological polar surface area (TPSA) is 75.7 Å². The molecule has 2 aromatic rings. The molecule has 0 saturated heterocycles. The Bertz CT molecular complexity index is 920. The first kappa shape index (κ1) is 21.8. The fourth-order valence-corrected chi connectivity index (χ4v) is 3.72. The second-order valence-electron chi connectivity index (χ2n) is 5.49. The molecule has 150 valence electrons. The van der Waals surface area contributed by atoms with E-state index in [1.807, 2.05) is 0 Å². The Morgan fingerprint density at radius 3 is 2.32 bits per heavy atom. The van der Waals surface area contributed by atoms with Crippen LogP contribution >= 0.6 is 11.6 Å². The van der Waals surface area contributed by atoms with E-state index in [2.05, 4.69) is 16.6 Å². The maximum Gasteiger partial charge on any atom is 0.387 e. The van der Waals surface area contributed by atoms with Gasteiger partial charge in [0.25, 0.3) is 0 Å². The number of hydrogen-bond acceptors (Lipinski definition) is 4. The number of sulfonamides is 1. The summed E-state index contributed by atoms with van der Waals surface area (Å²) in [4.78, 5) is 12.3. The van der Waals surface area contributed by atoms with E-state index in [0.717, 1.165) is 4.31 Å². The van der Waals surface area contributed by atoms with Crippen molar-refractivity contribution in [2.75, 3.05) is 18.4 Å². The second-order valence-corrected chi connectivity index (χ2v) is 7.87. The molecule has 0 bridgehead atoms. The van der Waals surface area contributed by atoms with Gasteiger partial charge in [0.05, 0.1) is 11.4 Å². The number of anilines is 1. The Labute approximate surface area is 166 Å². The first-order valence-electron chi connectivity index (χ1n) is 7.93. The number of carbonyl (C=O) groups excluding carboxylic acids is 1. The number of hydrogen-bond donors (Lipinski definition) is 1. The van der Waals surface area contributed by atoms with E-state index < -0.39 is 29.1 Å². The smallest absolute Gasteiger partial charge is 0.387 e. The van der Waals surface area contributed by atoms with Crippen LogP contribution in [0.4, 0.5) is 14.5 Å². The minimum Gasteiger partial charge on any atom is -0.435 e. The van der Waals surface area contributed by atoms with Gasteiger partial charge in [-0.3, -0.25) is 4.79 Å². The molecule has 10 heteroatoms. The quantitative estimate of drug-likeness (QED) is 0.615. The highest BCUT2D eigenvalue weighted by Crippen LogP contribution is 2.20. The van der Waals surface area contributed by atoms with Crippen molar-refractivity contribution in [2.24, 2.45) is 0 Å². The van der Waals surface area contributed by atoms with Gasteiger partial charge in [-0.15, -0.1) is 6.58 Å². The lowest BCUT2D eigenvalue weighted by molar-refractivity contribution is -0.116. The Morgan fingerprint density at radius 2 is 1.79 bits per heavy atom. The number of amides is 1. The average Bonchev–Trinajstić information content (AvgIpc) is 2.63. The van der Waals surface area contributed by atoms with Crippen LogP contribution in [0, 0.1) is 0 Å². The van der Waals surface area contributed by atoms with Crippen LogP contribution in [-0.4, -0.2) is 38.3 Å². The number of halogens is 3. The van der Waals surface area contributed by atoms with Crippen LogP contribution in [0.25, 0.3) is 0 Å². The third-order valence-corrected chi connectivity index (χ3v) is 5.55. The molecule has 0 unspecified atom stereocenters. The molecule has 0 heterocycles. The van der Waals surface area contributed by atoms with Gasteiger partial charge in [-0.05, 0) is 48.5 Å². The predicted molar refractivity (Wildman–Crippen MR) is 102 cm³/mol. The van der Waals surface area contributed by atoms with Crippen LogP contribution in [0.5, 0.6) is 5.75 Å². The summed E-state index contributed by atoms with van der Waals surface area (Å²) in [6, 6.07) is 10.8. The van der Waals surface area contributed by atoms with Gasteiger partial charge in [-0.2, -0.15) is 13.1 Å². The zero-order valence-electron chi connectivity index (χ0n) is 14.5. The molecule has 1 amide bonds. The molecule has 0 aromatic heterocycles. The summed E-state index contributed by atoms with van der Waals surface area (Å²) in [5.41, 5.74) is 0.300. The van der Waals surface area contributed by atoms with Gasteiger partial charge in [0.15, 0.2) is 0 Å². The minimum atomic E-state index is -3.95. The molecule has 28 heavy (non-hydrogen) atoms. The number of benzene rings is 2. The minimum absolute atomic E-state index is 0.0138. The summed E-state index contributed by atoms with van der Waals surface area (Å²) < 4.78 is 54.9. The van der Waals surface area contributed by atoms with Gasteiger partial charge in [0.1, 0.15) is 5.75 Å². The summed E-state index contributed by atoms with van der Waals surface area (Å²) >= 11 is 5.78. The lowest BCUT2D eigenvalue weighted by Crippen LogP contribution is -2.38. The van der Waals surface area contributed by atoms with Crippen LogP contribution in [-0.2, 0) is 14.8 Å². The van der Waals surface area contributed by atoms with E-state index in [4.69, 9.17) is 11.6 Å². The number of ether oxygens (including phenoxy) is 1. The fraction of sp³-hybridized carbons (Fsp3) is 0.167. The Morgan fingerprint density at radius 1 is 1.18 bits per heavy atom. The summed E-state index contributed by atoms with van der Waals surface area (Å²) in [7, 11) is -3.95. The highest BCUT2D eigenvalue weighted by atomic mass is 35.5. The van der Waals surface area contributed by atoms with Gasteiger partial charge in [-0.1, -0.05) is 17.7 Å². The molecule has 0 aliphatic rings. The number of nitrogens with zero attached hydrogens (tertiary/aromatic N) is 1. The van der Waals surface area contributed by atoms with Crippen molar-refractivity contribution in [3.8, 4) is 5.75 Å². The van der Waals surface area contributed by atoms with E-state index in [9.17, 15) is 22.0 Å². The molecular weight excluding hydrogens is 414 g/mol. The highest BCUT2D eigenvalue weighted by molar-refractivity contribution is 7.89. The Kier molecular flexibility index (Phi) is 7.50. The number of alkyl halides is 2. The molecular formula is C18H17ClF2N2O4S. The van der Waals surface area contributed by atoms with E-state index >= 15 is 0 Å². The molecule has 6 nitrogen and oxygen atoms in total. The van der Waals surface area contributed by atoms with Crippen molar-refractivity contribution in [1.29, 1.82) is 0 Å². The summed E-state index contributed by atoms with van der Waals surface area (Å²) in [6.45, 7) is 0.00966. The van der Waals surface area contributed by atoms with Crippen LogP contribution in [0.3, 0.4) is 0 Å². The zero-order valence-corrected chi connectivity index (χ0v) is 16.1. The molecule has 0 saturated carbocycles. The van der Waals surface area contributed by atoms with Crippen molar-refractivity contribution >= 4 is 33.2 Å². The van der Waals surface area contributed by atoms with E-state index in [1.54, 1.807) is 0 Å². The largest absolute Gasteiger partial charge is 0.435 e. The van der Waals surface area contributed by atoms with Gasteiger partial charge >= 0.3 is 6.61 Å². The van der Waals surface area contributed by atoms with Crippen LogP contribution in [0.2, 0.25) is 5.02 Å². The standard InChI is InChI=1S/C18H17ClF2N2O4S/c1-2-11-23(28(25,26)16-9-3-13(19)4-10-16)12-17(24)22-14-5-7-15(8-6-14)27-18(20)21/h2-10,18H,1,11-12H2,(H,22,24).